The van der Waals surface area contributed by atoms with Gasteiger partial charge < -0.3 is 15.5 Å². The molecule has 1 aliphatic rings. The Morgan fingerprint density at radius 1 is 1.25 bits per heavy atom. The van der Waals surface area contributed by atoms with Gasteiger partial charge in [0.25, 0.3) is 0 Å². The third kappa shape index (κ3) is 3.93. The minimum Gasteiger partial charge on any atom is -0.351 e. The summed E-state index contributed by atoms with van der Waals surface area (Å²) in [6.45, 7) is 6.29. The van der Waals surface area contributed by atoms with E-state index >= 15 is 0 Å². The molecule has 110 valence electrons. The molecule has 0 bridgehead atoms. The Kier molecular flexibility index (Phi) is 4.95. The fourth-order valence-electron chi connectivity index (χ4n) is 2.66. The van der Waals surface area contributed by atoms with Crippen LogP contribution in [0, 0.1) is 5.82 Å². The number of urea groups is 1. The predicted octanol–water partition coefficient (Wildman–Crippen LogP) is 2.02. The van der Waals surface area contributed by atoms with E-state index in [2.05, 4.69) is 11.8 Å². The van der Waals surface area contributed by atoms with Gasteiger partial charge in [-0.15, -0.1) is 0 Å². The topological polar surface area (TPSA) is 49.6 Å². The van der Waals surface area contributed by atoms with E-state index in [-0.39, 0.29) is 11.8 Å². The van der Waals surface area contributed by atoms with Gasteiger partial charge in [0.05, 0.1) is 0 Å². The van der Waals surface area contributed by atoms with Gasteiger partial charge in [-0.1, -0.05) is 19.1 Å². The number of amides is 2. The van der Waals surface area contributed by atoms with Crippen LogP contribution in [0.5, 0.6) is 0 Å². The molecular formula is C15H22FN3O. The van der Waals surface area contributed by atoms with Crippen molar-refractivity contribution in [1.29, 1.82) is 0 Å². The Hall–Kier alpha value is -1.62. The average Bonchev–Trinajstić information content (AvgIpc) is 2.65. The van der Waals surface area contributed by atoms with Crippen molar-refractivity contribution in [1.82, 2.24) is 9.80 Å². The fraction of sp³-hybridized carbons (Fsp3) is 0.533. The molecule has 2 rings (SSSR count). The van der Waals surface area contributed by atoms with Crippen LogP contribution in [-0.2, 0) is 0 Å². The second-order valence-corrected chi connectivity index (χ2v) is 5.43. The summed E-state index contributed by atoms with van der Waals surface area (Å²) in [6.07, 6.45) is 0.944. The maximum absolute atomic E-state index is 12.9. The van der Waals surface area contributed by atoms with E-state index in [9.17, 15) is 9.18 Å². The van der Waals surface area contributed by atoms with Gasteiger partial charge in [-0.05, 0) is 36.6 Å². The normalized spacial score (nSPS) is 18.6. The molecule has 2 N–H and O–H groups in total. The molecular weight excluding hydrogens is 257 g/mol. The third-order valence-corrected chi connectivity index (χ3v) is 3.87. The summed E-state index contributed by atoms with van der Waals surface area (Å²) in [5, 5.41) is 0. The van der Waals surface area contributed by atoms with Gasteiger partial charge in [-0.2, -0.15) is 0 Å². The lowest BCUT2D eigenvalue weighted by atomic mass is 10.0. The van der Waals surface area contributed by atoms with Crippen LogP contribution in [0.3, 0.4) is 0 Å². The standard InChI is InChI=1S/C15H22FN3O/c1-12(13-3-5-14(16)6-4-13)11-18-7-2-8-19(10-9-18)15(17)20/h3-6,12H,2,7-11H2,1H3,(H2,17,20)/t12-/m0/s1. The first-order chi connectivity index (χ1) is 9.56. The Bertz CT molecular complexity index is 449. The van der Waals surface area contributed by atoms with Crippen molar-refractivity contribution in [3.63, 3.8) is 0 Å². The van der Waals surface area contributed by atoms with Crippen molar-refractivity contribution in [3.8, 4) is 0 Å². The highest BCUT2D eigenvalue weighted by Crippen LogP contribution is 2.18. The summed E-state index contributed by atoms with van der Waals surface area (Å²) in [5.41, 5.74) is 6.46. The predicted molar refractivity (Wildman–Crippen MR) is 77.0 cm³/mol. The van der Waals surface area contributed by atoms with E-state index < -0.39 is 0 Å². The Balaban J connectivity index is 1.89. The molecule has 20 heavy (non-hydrogen) atoms. The van der Waals surface area contributed by atoms with E-state index in [0.29, 0.717) is 12.5 Å². The van der Waals surface area contributed by atoms with Crippen molar-refractivity contribution in [2.75, 3.05) is 32.7 Å². The second kappa shape index (κ2) is 6.70. The number of benzene rings is 1. The van der Waals surface area contributed by atoms with Gasteiger partial charge in [-0.3, -0.25) is 0 Å². The first-order valence-corrected chi connectivity index (χ1v) is 7.08. The molecule has 0 spiro atoms. The Morgan fingerprint density at radius 2 is 1.95 bits per heavy atom. The number of carbonyl (C=O) groups is 1. The number of hydrogen-bond donors (Lipinski definition) is 1. The highest BCUT2D eigenvalue weighted by Gasteiger charge is 2.18. The first kappa shape index (κ1) is 14.8. The van der Waals surface area contributed by atoms with E-state index in [1.54, 1.807) is 4.90 Å². The van der Waals surface area contributed by atoms with E-state index in [4.69, 9.17) is 5.73 Å². The number of primary amides is 1. The summed E-state index contributed by atoms with van der Waals surface area (Å²) in [7, 11) is 0. The lowest BCUT2D eigenvalue weighted by Crippen LogP contribution is -2.39. The van der Waals surface area contributed by atoms with E-state index in [0.717, 1.165) is 38.2 Å². The zero-order chi connectivity index (χ0) is 14.5. The van der Waals surface area contributed by atoms with E-state index in [1.807, 2.05) is 12.1 Å². The number of carbonyl (C=O) groups excluding carboxylic acids is 1. The van der Waals surface area contributed by atoms with Crippen molar-refractivity contribution >= 4 is 6.03 Å². The SMILES string of the molecule is C[C@@H](CN1CCCN(C(N)=O)CC1)c1ccc(F)cc1. The molecule has 1 aromatic carbocycles. The molecule has 0 unspecified atom stereocenters. The maximum atomic E-state index is 12.9. The molecule has 1 saturated heterocycles. The lowest BCUT2D eigenvalue weighted by Gasteiger charge is -2.24. The molecule has 0 aliphatic carbocycles. The summed E-state index contributed by atoms with van der Waals surface area (Å²) < 4.78 is 12.9. The van der Waals surface area contributed by atoms with Crippen LogP contribution >= 0.6 is 0 Å². The number of nitrogens with zero attached hydrogens (tertiary/aromatic N) is 2. The fourth-order valence-corrected chi connectivity index (χ4v) is 2.66. The average molecular weight is 279 g/mol. The van der Waals surface area contributed by atoms with Crippen LogP contribution in [0.1, 0.15) is 24.8 Å². The minimum atomic E-state index is -0.335. The summed E-state index contributed by atoms with van der Waals surface area (Å²) >= 11 is 0. The first-order valence-electron chi connectivity index (χ1n) is 7.08. The molecule has 1 fully saturated rings. The van der Waals surface area contributed by atoms with Gasteiger partial charge in [-0.25, -0.2) is 9.18 Å². The number of rotatable bonds is 3. The second-order valence-electron chi connectivity index (χ2n) is 5.43. The maximum Gasteiger partial charge on any atom is 0.314 e. The largest absolute Gasteiger partial charge is 0.351 e. The molecule has 5 heteroatoms. The van der Waals surface area contributed by atoms with Crippen LogP contribution in [0.15, 0.2) is 24.3 Å². The Morgan fingerprint density at radius 3 is 2.60 bits per heavy atom. The molecule has 1 heterocycles. The molecule has 0 aromatic heterocycles. The molecule has 1 aliphatic heterocycles. The molecule has 0 radical (unpaired) electrons. The van der Waals surface area contributed by atoms with Gasteiger partial charge in [0.15, 0.2) is 0 Å². The lowest BCUT2D eigenvalue weighted by molar-refractivity contribution is 0.207. The van der Waals surface area contributed by atoms with Crippen LogP contribution in [0.25, 0.3) is 0 Å². The van der Waals surface area contributed by atoms with Crippen molar-refractivity contribution in [2.24, 2.45) is 5.73 Å². The zero-order valence-corrected chi connectivity index (χ0v) is 11.9. The Labute approximate surface area is 119 Å². The van der Waals surface area contributed by atoms with Crippen LogP contribution in [-0.4, -0.2) is 48.6 Å². The summed E-state index contributed by atoms with van der Waals surface area (Å²) in [6, 6.07) is 6.35. The van der Waals surface area contributed by atoms with Gasteiger partial charge in [0, 0.05) is 26.2 Å². The summed E-state index contributed by atoms with van der Waals surface area (Å²) in [5.74, 6) is 0.142. The van der Waals surface area contributed by atoms with Gasteiger partial charge >= 0.3 is 6.03 Å². The summed E-state index contributed by atoms with van der Waals surface area (Å²) in [4.78, 5) is 15.2. The van der Waals surface area contributed by atoms with Crippen molar-refractivity contribution < 1.29 is 9.18 Å². The zero-order valence-electron chi connectivity index (χ0n) is 11.9. The third-order valence-electron chi connectivity index (χ3n) is 3.87. The minimum absolute atomic E-state index is 0.201. The highest BCUT2D eigenvalue weighted by molar-refractivity contribution is 5.71. The van der Waals surface area contributed by atoms with Crippen LogP contribution in [0.4, 0.5) is 9.18 Å². The quantitative estimate of drug-likeness (QED) is 0.920. The molecule has 0 saturated carbocycles. The molecule has 1 aromatic rings. The number of nitrogens with two attached hydrogens (primary N) is 1. The number of hydrogen-bond acceptors (Lipinski definition) is 2. The van der Waals surface area contributed by atoms with Crippen molar-refractivity contribution in [2.45, 2.75) is 19.3 Å². The van der Waals surface area contributed by atoms with E-state index in [1.165, 1.54) is 12.1 Å². The van der Waals surface area contributed by atoms with Crippen molar-refractivity contribution in [3.05, 3.63) is 35.6 Å². The number of halogens is 1. The van der Waals surface area contributed by atoms with Crippen LogP contribution < -0.4 is 5.73 Å². The monoisotopic (exact) mass is 279 g/mol. The van der Waals surface area contributed by atoms with Gasteiger partial charge in [0.2, 0.25) is 0 Å². The molecule has 1 atom stereocenters. The smallest absolute Gasteiger partial charge is 0.314 e. The van der Waals surface area contributed by atoms with Gasteiger partial charge in [0.1, 0.15) is 5.82 Å². The highest BCUT2D eigenvalue weighted by atomic mass is 19.1. The molecule has 2 amide bonds. The molecule has 4 nitrogen and oxygen atoms in total. The van der Waals surface area contributed by atoms with Crippen LogP contribution in [0.2, 0.25) is 0 Å².